The minimum atomic E-state index is -0.912. The van der Waals surface area contributed by atoms with Crippen LogP contribution in [0.5, 0.6) is 0 Å². The summed E-state index contributed by atoms with van der Waals surface area (Å²) < 4.78 is 4.88. The van der Waals surface area contributed by atoms with Crippen LogP contribution in [0, 0.1) is 0 Å². The van der Waals surface area contributed by atoms with Gasteiger partial charge in [-0.3, -0.25) is 9.59 Å². The molecule has 1 N–H and O–H groups in total. The lowest BCUT2D eigenvalue weighted by Gasteiger charge is -2.16. The van der Waals surface area contributed by atoms with Gasteiger partial charge < -0.3 is 9.84 Å². The van der Waals surface area contributed by atoms with E-state index in [0.29, 0.717) is 13.0 Å². The van der Waals surface area contributed by atoms with Crippen LogP contribution in [0.25, 0.3) is 0 Å². The van der Waals surface area contributed by atoms with Crippen molar-refractivity contribution in [2.24, 2.45) is 0 Å². The quantitative estimate of drug-likeness (QED) is 0.778. The van der Waals surface area contributed by atoms with Crippen LogP contribution in [0.1, 0.15) is 19.4 Å². The summed E-state index contributed by atoms with van der Waals surface area (Å²) in [5.74, 6) is -1.28. The fraction of sp³-hybridized carbons (Fsp3) is 0.429. The highest BCUT2D eigenvalue weighted by Crippen LogP contribution is 2.22. The molecule has 0 fully saturated rings. The van der Waals surface area contributed by atoms with Crippen molar-refractivity contribution in [3.05, 3.63) is 35.9 Å². The van der Waals surface area contributed by atoms with Crippen molar-refractivity contribution in [1.82, 2.24) is 0 Å². The maximum absolute atomic E-state index is 11.5. The van der Waals surface area contributed by atoms with Crippen LogP contribution in [0.3, 0.4) is 0 Å². The lowest BCUT2D eigenvalue weighted by Crippen LogP contribution is -2.26. The van der Waals surface area contributed by atoms with Crippen LogP contribution in [-0.2, 0) is 20.7 Å². The molecule has 0 aliphatic carbocycles. The molecule has 104 valence electrons. The average Bonchev–Trinajstić information content (AvgIpc) is 2.39. The SMILES string of the molecule is CCOC(=O)C(C)SC(Cc1ccccc1)C(=O)O. The molecule has 1 aromatic carbocycles. The van der Waals surface area contributed by atoms with Gasteiger partial charge in [0.05, 0.1) is 6.61 Å². The predicted molar refractivity (Wildman–Crippen MR) is 75.3 cm³/mol. The molecule has 0 bridgehead atoms. The van der Waals surface area contributed by atoms with Crippen LogP contribution in [0.4, 0.5) is 0 Å². The monoisotopic (exact) mass is 282 g/mol. The van der Waals surface area contributed by atoms with E-state index in [9.17, 15) is 14.7 Å². The maximum Gasteiger partial charge on any atom is 0.318 e. The molecule has 0 aliphatic rings. The highest BCUT2D eigenvalue weighted by Gasteiger charge is 2.25. The number of carboxylic acid groups (broad SMARTS) is 1. The Morgan fingerprint density at radius 2 is 1.95 bits per heavy atom. The summed E-state index contributed by atoms with van der Waals surface area (Å²) in [6.45, 7) is 3.71. The van der Waals surface area contributed by atoms with Gasteiger partial charge in [0.2, 0.25) is 0 Å². The van der Waals surface area contributed by atoms with E-state index in [-0.39, 0.29) is 5.97 Å². The van der Waals surface area contributed by atoms with E-state index in [1.54, 1.807) is 13.8 Å². The third-order valence-corrected chi connectivity index (χ3v) is 3.82. The summed E-state index contributed by atoms with van der Waals surface area (Å²) in [7, 11) is 0. The standard InChI is InChI=1S/C14H18O4S/c1-3-18-14(17)10(2)19-12(13(15)16)9-11-7-5-4-6-8-11/h4-8,10,12H,3,9H2,1-2H3,(H,15,16). The van der Waals surface area contributed by atoms with E-state index >= 15 is 0 Å². The number of carboxylic acids is 1. The van der Waals surface area contributed by atoms with Crippen molar-refractivity contribution in [2.45, 2.75) is 30.8 Å². The second-order valence-electron chi connectivity index (χ2n) is 4.05. The number of esters is 1. The first-order chi connectivity index (χ1) is 9.04. The molecule has 2 atom stereocenters. The van der Waals surface area contributed by atoms with Crippen LogP contribution >= 0.6 is 11.8 Å². The first-order valence-corrected chi connectivity index (χ1v) is 7.07. The van der Waals surface area contributed by atoms with Crippen LogP contribution < -0.4 is 0 Å². The minimum absolute atomic E-state index is 0.306. The highest BCUT2D eigenvalue weighted by molar-refractivity contribution is 8.01. The zero-order valence-corrected chi connectivity index (χ0v) is 11.9. The van der Waals surface area contributed by atoms with E-state index in [4.69, 9.17) is 4.74 Å². The van der Waals surface area contributed by atoms with Crippen molar-refractivity contribution in [1.29, 1.82) is 0 Å². The molecule has 0 heterocycles. The number of hydrogen-bond donors (Lipinski definition) is 1. The Kier molecular flexibility index (Phi) is 6.42. The first-order valence-electron chi connectivity index (χ1n) is 6.13. The summed E-state index contributed by atoms with van der Waals surface area (Å²) in [5, 5.41) is 8.09. The molecule has 2 unspecified atom stereocenters. The third-order valence-electron chi connectivity index (χ3n) is 2.53. The first kappa shape index (κ1) is 15.6. The summed E-state index contributed by atoms with van der Waals surface area (Å²) in [6, 6.07) is 9.38. The second kappa shape index (κ2) is 7.84. The molecule has 0 saturated carbocycles. The highest BCUT2D eigenvalue weighted by atomic mass is 32.2. The summed E-state index contributed by atoms with van der Waals surface area (Å²) in [6.07, 6.45) is 0.393. The molecule has 0 spiro atoms. The van der Waals surface area contributed by atoms with Gasteiger partial charge in [-0.05, 0) is 25.8 Å². The van der Waals surface area contributed by atoms with E-state index in [2.05, 4.69) is 0 Å². The van der Waals surface area contributed by atoms with Gasteiger partial charge in [0.15, 0.2) is 0 Å². The van der Waals surface area contributed by atoms with Crippen LogP contribution in [0.2, 0.25) is 0 Å². The summed E-state index contributed by atoms with van der Waals surface area (Å²) in [4.78, 5) is 22.8. The van der Waals surface area contributed by atoms with Crippen molar-refractivity contribution in [3.8, 4) is 0 Å². The normalized spacial score (nSPS) is 13.6. The van der Waals surface area contributed by atoms with Crippen molar-refractivity contribution in [3.63, 3.8) is 0 Å². The van der Waals surface area contributed by atoms with Gasteiger partial charge in [0.25, 0.3) is 0 Å². The zero-order chi connectivity index (χ0) is 14.3. The van der Waals surface area contributed by atoms with E-state index in [1.807, 2.05) is 30.3 Å². The average molecular weight is 282 g/mol. The second-order valence-corrected chi connectivity index (χ2v) is 5.60. The topological polar surface area (TPSA) is 63.6 Å². The number of carbonyl (C=O) groups excluding carboxylic acids is 1. The Labute approximate surface area is 117 Å². The van der Waals surface area contributed by atoms with E-state index < -0.39 is 16.5 Å². The lowest BCUT2D eigenvalue weighted by molar-refractivity contribution is -0.142. The molecule has 0 amide bonds. The fourth-order valence-electron chi connectivity index (χ4n) is 1.58. The number of thioether (sulfide) groups is 1. The number of rotatable bonds is 7. The lowest BCUT2D eigenvalue weighted by atomic mass is 10.1. The van der Waals surface area contributed by atoms with E-state index in [0.717, 1.165) is 17.3 Å². The maximum atomic E-state index is 11.5. The van der Waals surface area contributed by atoms with Crippen LogP contribution in [0.15, 0.2) is 30.3 Å². The molecule has 1 aromatic rings. The number of hydrogen-bond acceptors (Lipinski definition) is 4. The largest absolute Gasteiger partial charge is 0.480 e. The van der Waals surface area contributed by atoms with Gasteiger partial charge >= 0.3 is 11.9 Å². The minimum Gasteiger partial charge on any atom is -0.480 e. The third kappa shape index (κ3) is 5.34. The number of ether oxygens (including phenoxy) is 1. The fourth-order valence-corrected chi connectivity index (χ4v) is 2.66. The number of aliphatic carboxylic acids is 1. The summed E-state index contributed by atoms with van der Waals surface area (Å²) >= 11 is 1.12. The van der Waals surface area contributed by atoms with E-state index in [1.165, 1.54) is 0 Å². The Hall–Kier alpha value is -1.49. The number of benzene rings is 1. The summed E-state index contributed by atoms with van der Waals surface area (Å²) in [5.41, 5.74) is 0.943. The van der Waals surface area contributed by atoms with Gasteiger partial charge in [0, 0.05) is 0 Å². The Morgan fingerprint density at radius 1 is 1.32 bits per heavy atom. The van der Waals surface area contributed by atoms with Gasteiger partial charge in [-0.15, -0.1) is 11.8 Å². The smallest absolute Gasteiger partial charge is 0.318 e. The molecule has 0 radical (unpaired) electrons. The van der Waals surface area contributed by atoms with Crippen molar-refractivity contribution < 1.29 is 19.4 Å². The number of carbonyl (C=O) groups is 2. The Balaban J connectivity index is 2.63. The molecule has 19 heavy (non-hydrogen) atoms. The van der Waals surface area contributed by atoms with Gasteiger partial charge in [-0.25, -0.2) is 0 Å². The van der Waals surface area contributed by atoms with Crippen LogP contribution in [-0.4, -0.2) is 34.2 Å². The van der Waals surface area contributed by atoms with Crippen molar-refractivity contribution >= 4 is 23.7 Å². The molecule has 0 aliphatic heterocycles. The molecule has 0 aromatic heterocycles. The Bertz CT molecular complexity index is 419. The molecule has 4 nitrogen and oxygen atoms in total. The molecule has 0 saturated heterocycles. The molecular weight excluding hydrogens is 264 g/mol. The zero-order valence-electron chi connectivity index (χ0n) is 11.0. The predicted octanol–water partition coefficient (Wildman–Crippen LogP) is 2.37. The van der Waals surface area contributed by atoms with Gasteiger partial charge in [0.1, 0.15) is 10.5 Å². The van der Waals surface area contributed by atoms with Crippen molar-refractivity contribution in [2.75, 3.05) is 6.61 Å². The molecular formula is C14H18O4S. The molecule has 5 heteroatoms. The molecule has 1 rings (SSSR count). The van der Waals surface area contributed by atoms with Gasteiger partial charge in [-0.1, -0.05) is 30.3 Å². The van der Waals surface area contributed by atoms with Gasteiger partial charge in [-0.2, -0.15) is 0 Å². The Morgan fingerprint density at radius 3 is 2.47 bits per heavy atom.